The summed E-state index contributed by atoms with van der Waals surface area (Å²) in [6.45, 7) is 13.3. The predicted octanol–water partition coefficient (Wildman–Crippen LogP) is 3.70. The van der Waals surface area contributed by atoms with Crippen LogP contribution in [0.4, 0.5) is 0 Å². The standard InChI is InChI=1S/C20H36N4OS/c1-6-21-19(24(5)12-8-16-9-13-25-14-10-16)22-11-7-18-23-17(15-26-18)20(2,3)4/h15-16H,6-14H2,1-5H3,(H,21,22). The molecule has 1 N–H and O–H groups in total. The van der Waals surface area contributed by atoms with E-state index >= 15 is 0 Å². The first-order valence-corrected chi connectivity index (χ1v) is 10.8. The molecule has 0 unspecified atom stereocenters. The highest BCUT2D eigenvalue weighted by Crippen LogP contribution is 2.24. The van der Waals surface area contributed by atoms with E-state index in [1.807, 2.05) is 0 Å². The van der Waals surface area contributed by atoms with Crippen LogP contribution in [0.15, 0.2) is 10.4 Å². The molecule has 2 rings (SSSR count). The molecule has 0 radical (unpaired) electrons. The second-order valence-electron chi connectivity index (χ2n) is 8.13. The van der Waals surface area contributed by atoms with E-state index in [4.69, 9.17) is 14.7 Å². The van der Waals surface area contributed by atoms with Crippen LogP contribution in [0.2, 0.25) is 0 Å². The molecule has 0 spiro atoms. The third kappa shape index (κ3) is 6.88. The van der Waals surface area contributed by atoms with Crippen LogP contribution in [0.1, 0.15) is 57.7 Å². The highest BCUT2D eigenvalue weighted by molar-refractivity contribution is 7.09. The summed E-state index contributed by atoms with van der Waals surface area (Å²) in [6.07, 6.45) is 4.51. The highest BCUT2D eigenvalue weighted by atomic mass is 32.1. The van der Waals surface area contributed by atoms with E-state index in [0.717, 1.165) is 51.1 Å². The first-order valence-electron chi connectivity index (χ1n) is 9.92. The van der Waals surface area contributed by atoms with Gasteiger partial charge in [0.25, 0.3) is 0 Å². The Labute approximate surface area is 163 Å². The Morgan fingerprint density at radius 3 is 2.73 bits per heavy atom. The molecule has 0 amide bonds. The number of aromatic nitrogens is 1. The number of hydrogen-bond donors (Lipinski definition) is 1. The number of hydrogen-bond acceptors (Lipinski definition) is 4. The Kier molecular flexibility index (Phi) is 8.35. The molecule has 1 fully saturated rings. The van der Waals surface area contributed by atoms with Crippen LogP contribution in [0, 0.1) is 5.92 Å². The van der Waals surface area contributed by atoms with Gasteiger partial charge in [-0.15, -0.1) is 11.3 Å². The van der Waals surface area contributed by atoms with E-state index < -0.39 is 0 Å². The quantitative estimate of drug-likeness (QED) is 0.579. The van der Waals surface area contributed by atoms with Crippen molar-refractivity contribution >= 4 is 17.3 Å². The fraction of sp³-hybridized carbons (Fsp3) is 0.800. The summed E-state index contributed by atoms with van der Waals surface area (Å²) >= 11 is 1.75. The lowest BCUT2D eigenvalue weighted by Crippen LogP contribution is -2.40. The average molecular weight is 381 g/mol. The second kappa shape index (κ2) is 10.3. The van der Waals surface area contributed by atoms with Crippen LogP contribution in [-0.4, -0.2) is 55.7 Å². The Hall–Kier alpha value is -1.14. The molecule has 1 aromatic heterocycles. The molecule has 6 heteroatoms. The first-order chi connectivity index (χ1) is 12.4. The van der Waals surface area contributed by atoms with Crippen molar-refractivity contribution in [3.63, 3.8) is 0 Å². The summed E-state index contributed by atoms with van der Waals surface area (Å²) in [5, 5.41) is 6.78. The van der Waals surface area contributed by atoms with Gasteiger partial charge in [0, 0.05) is 57.1 Å². The van der Waals surface area contributed by atoms with Gasteiger partial charge in [-0.1, -0.05) is 20.8 Å². The lowest BCUT2D eigenvalue weighted by atomic mass is 9.93. The molecular formula is C20H36N4OS. The molecule has 0 saturated carbocycles. The molecule has 0 aliphatic carbocycles. The zero-order valence-corrected chi connectivity index (χ0v) is 18.0. The van der Waals surface area contributed by atoms with Crippen LogP contribution >= 0.6 is 11.3 Å². The number of thiazole rings is 1. The SMILES string of the molecule is CCNC(=NCCc1nc(C(C)(C)C)cs1)N(C)CCC1CCOCC1. The molecule has 148 valence electrons. The zero-order chi connectivity index (χ0) is 19.0. The van der Waals surface area contributed by atoms with E-state index in [1.165, 1.54) is 30.0 Å². The first kappa shape index (κ1) is 21.2. The van der Waals surface area contributed by atoms with Crippen LogP contribution in [0.3, 0.4) is 0 Å². The number of aliphatic imine (C=N–C) groups is 1. The fourth-order valence-electron chi connectivity index (χ4n) is 3.01. The normalized spacial score (nSPS) is 16.7. The molecule has 26 heavy (non-hydrogen) atoms. The van der Waals surface area contributed by atoms with Gasteiger partial charge in [0.15, 0.2) is 5.96 Å². The van der Waals surface area contributed by atoms with Crippen LogP contribution < -0.4 is 5.32 Å². The predicted molar refractivity (Wildman–Crippen MR) is 111 cm³/mol. The lowest BCUT2D eigenvalue weighted by Gasteiger charge is -2.26. The van der Waals surface area contributed by atoms with Crippen LogP contribution in [-0.2, 0) is 16.6 Å². The average Bonchev–Trinajstić information content (AvgIpc) is 3.09. The van der Waals surface area contributed by atoms with E-state index in [0.29, 0.717) is 0 Å². The van der Waals surface area contributed by atoms with Crippen molar-refractivity contribution in [1.82, 2.24) is 15.2 Å². The highest BCUT2D eigenvalue weighted by Gasteiger charge is 2.17. The van der Waals surface area contributed by atoms with Crippen LogP contribution in [0.25, 0.3) is 0 Å². The van der Waals surface area contributed by atoms with Crippen molar-refractivity contribution in [2.45, 2.75) is 58.8 Å². The summed E-state index contributed by atoms with van der Waals surface area (Å²) in [4.78, 5) is 11.9. The van der Waals surface area contributed by atoms with Crippen molar-refractivity contribution in [1.29, 1.82) is 0 Å². The maximum absolute atomic E-state index is 5.46. The van der Waals surface area contributed by atoms with Crippen molar-refractivity contribution < 1.29 is 4.74 Å². The molecule has 2 heterocycles. The monoisotopic (exact) mass is 380 g/mol. The summed E-state index contributed by atoms with van der Waals surface area (Å²) in [7, 11) is 2.14. The number of ether oxygens (including phenoxy) is 1. The Morgan fingerprint density at radius 1 is 1.38 bits per heavy atom. The number of guanidine groups is 1. The van der Waals surface area contributed by atoms with Gasteiger partial charge in [0.1, 0.15) is 0 Å². The second-order valence-corrected chi connectivity index (χ2v) is 9.07. The molecule has 5 nitrogen and oxygen atoms in total. The molecule has 0 aromatic carbocycles. The van der Waals surface area contributed by atoms with Gasteiger partial charge in [-0.25, -0.2) is 4.98 Å². The van der Waals surface area contributed by atoms with Crippen molar-refractivity contribution in [2.24, 2.45) is 10.9 Å². The smallest absolute Gasteiger partial charge is 0.193 e. The Balaban J connectivity index is 1.83. The van der Waals surface area contributed by atoms with Crippen LogP contribution in [0.5, 0.6) is 0 Å². The molecule has 0 atom stereocenters. The Bertz CT molecular complexity index is 558. The maximum atomic E-state index is 5.46. The minimum absolute atomic E-state index is 0.122. The van der Waals surface area contributed by atoms with Crippen molar-refractivity contribution in [3.05, 3.63) is 16.1 Å². The van der Waals surface area contributed by atoms with Gasteiger partial charge in [-0.2, -0.15) is 0 Å². The van der Waals surface area contributed by atoms with Gasteiger partial charge < -0.3 is 15.0 Å². The van der Waals surface area contributed by atoms with E-state index in [2.05, 4.69) is 50.3 Å². The third-order valence-corrected chi connectivity index (χ3v) is 5.73. The zero-order valence-electron chi connectivity index (χ0n) is 17.2. The van der Waals surface area contributed by atoms with Gasteiger partial charge in [0.2, 0.25) is 0 Å². The van der Waals surface area contributed by atoms with Gasteiger partial charge in [-0.05, 0) is 32.1 Å². The fourth-order valence-corrected chi connectivity index (χ4v) is 4.03. The minimum Gasteiger partial charge on any atom is -0.381 e. The largest absolute Gasteiger partial charge is 0.381 e. The number of rotatable bonds is 7. The van der Waals surface area contributed by atoms with Gasteiger partial charge in [-0.3, -0.25) is 4.99 Å². The van der Waals surface area contributed by atoms with E-state index in [9.17, 15) is 0 Å². The Morgan fingerprint density at radius 2 is 2.12 bits per heavy atom. The molecule has 1 aliphatic rings. The molecule has 1 saturated heterocycles. The maximum Gasteiger partial charge on any atom is 0.193 e. The minimum atomic E-state index is 0.122. The topological polar surface area (TPSA) is 49.8 Å². The van der Waals surface area contributed by atoms with Crippen molar-refractivity contribution in [2.75, 3.05) is 39.9 Å². The lowest BCUT2D eigenvalue weighted by molar-refractivity contribution is 0.0625. The van der Waals surface area contributed by atoms with E-state index in [-0.39, 0.29) is 5.41 Å². The van der Waals surface area contributed by atoms with E-state index in [1.54, 1.807) is 11.3 Å². The number of nitrogens with one attached hydrogen (secondary N) is 1. The summed E-state index contributed by atoms with van der Waals surface area (Å²) in [6, 6.07) is 0. The summed E-state index contributed by atoms with van der Waals surface area (Å²) in [5.74, 6) is 1.80. The van der Waals surface area contributed by atoms with Gasteiger partial charge in [0.05, 0.1) is 10.7 Å². The van der Waals surface area contributed by atoms with Gasteiger partial charge >= 0.3 is 0 Å². The molecule has 1 aromatic rings. The molecular weight excluding hydrogens is 344 g/mol. The molecule has 1 aliphatic heterocycles. The van der Waals surface area contributed by atoms with Crippen molar-refractivity contribution in [3.8, 4) is 0 Å². The summed E-state index contributed by atoms with van der Waals surface area (Å²) < 4.78 is 5.46. The molecule has 0 bridgehead atoms. The number of nitrogens with zero attached hydrogens (tertiary/aromatic N) is 3. The third-order valence-electron chi connectivity index (χ3n) is 4.82. The summed E-state index contributed by atoms with van der Waals surface area (Å²) in [5.41, 5.74) is 1.30.